The molecule has 4 heteroatoms. The van der Waals surface area contributed by atoms with Crippen LogP contribution >= 0.6 is 0 Å². The van der Waals surface area contributed by atoms with Crippen molar-refractivity contribution in [2.75, 3.05) is 0 Å². The Morgan fingerprint density at radius 3 is 2.92 bits per heavy atom. The Kier molecular flexibility index (Phi) is 2.59. The molecule has 0 spiro atoms. The van der Waals surface area contributed by atoms with Crippen molar-refractivity contribution in [3.8, 4) is 11.8 Å². The van der Waals surface area contributed by atoms with Crippen molar-refractivity contribution in [3.63, 3.8) is 0 Å². The first-order valence-corrected chi connectivity index (χ1v) is 3.09. The molecule has 1 aromatic rings. The van der Waals surface area contributed by atoms with Crippen LogP contribution in [0.5, 0.6) is 5.75 Å². The smallest absolute Gasteiger partial charge is 0.387 e. The summed E-state index contributed by atoms with van der Waals surface area (Å²) >= 11 is 0. The zero-order valence-corrected chi connectivity index (χ0v) is 5.92. The fourth-order valence-electron chi connectivity index (χ4n) is 0.678. The van der Waals surface area contributed by atoms with Gasteiger partial charge < -0.3 is 4.74 Å². The molecule has 0 atom stereocenters. The molecule has 1 aromatic carbocycles. The van der Waals surface area contributed by atoms with Gasteiger partial charge >= 0.3 is 6.61 Å². The highest BCUT2D eigenvalue weighted by molar-refractivity contribution is 5.35. The summed E-state index contributed by atoms with van der Waals surface area (Å²) in [5.74, 6) is -0.121. The summed E-state index contributed by atoms with van der Waals surface area (Å²) in [5.41, 5.74) is 0.268. The number of halogens is 2. The summed E-state index contributed by atoms with van der Waals surface area (Å²) in [5, 5.41) is 8.39. The molecule has 0 fully saturated rings. The van der Waals surface area contributed by atoms with Crippen LogP contribution in [0.3, 0.4) is 0 Å². The van der Waals surface area contributed by atoms with E-state index >= 15 is 0 Å². The number of ether oxygens (including phenoxy) is 1. The molecule has 0 amide bonds. The number of nitriles is 1. The Morgan fingerprint density at radius 2 is 2.33 bits per heavy atom. The molecule has 0 saturated heterocycles. The molecule has 0 unspecified atom stereocenters. The van der Waals surface area contributed by atoms with Crippen molar-refractivity contribution >= 4 is 0 Å². The predicted octanol–water partition coefficient (Wildman–Crippen LogP) is 1.96. The molecular formula is C8H4F2NO. The fraction of sp³-hybridized carbons (Fsp3) is 0.125. The SMILES string of the molecule is N#Cc1cc[c]c(OC(F)F)c1. The fourth-order valence-corrected chi connectivity index (χ4v) is 0.678. The van der Waals surface area contributed by atoms with E-state index in [0.717, 1.165) is 0 Å². The molecule has 0 heterocycles. The maximum atomic E-state index is 11.6. The van der Waals surface area contributed by atoms with Gasteiger partial charge in [0, 0.05) is 6.07 Å². The Morgan fingerprint density at radius 1 is 1.58 bits per heavy atom. The van der Waals surface area contributed by atoms with E-state index in [1.165, 1.54) is 18.2 Å². The van der Waals surface area contributed by atoms with Gasteiger partial charge in [-0.1, -0.05) is 0 Å². The summed E-state index contributed by atoms with van der Waals surface area (Å²) < 4.78 is 27.3. The van der Waals surface area contributed by atoms with Gasteiger partial charge in [-0.2, -0.15) is 14.0 Å². The lowest BCUT2D eigenvalue weighted by Crippen LogP contribution is -2.01. The van der Waals surface area contributed by atoms with Crippen LogP contribution in [0.4, 0.5) is 8.78 Å². The minimum Gasteiger partial charge on any atom is -0.434 e. The second kappa shape index (κ2) is 3.67. The summed E-state index contributed by atoms with van der Waals surface area (Å²) in [6.07, 6.45) is 0. The first-order chi connectivity index (χ1) is 5.72. The number of alkyl halides is 2. The van der Waals surface area contributed by atoms with Crippen LogP contribution in [-0.4, -0.2) is 6.61 Å². The summed E-state index contributed by atoms with van der Waals surface area (Å²) in [6, 6.07) is 8.23. The van der Waals surface area contributed by atoms with Crippen molar-refractivity contribution in [1.82, 2.24) is 0 Å². The number of hydrogen-bond acceptors (Lipinski definition) is 2. The van der Waals surface area contributed by atoms with Crippen molar-refractivity contribution in [2.24, 2.45) is 0 Å². The lowest BCUT2D eigenvalue weighted by atomic mass is 10.2. The van der Waals surface area contributed by atoms with Crippen LogP contribution in [0.15, 0.2) is 18.2 Å². The second-order valence-electron chi connectivity index (χ2n) is 1.93. The van der Waals surface area contributed by atoms with Gasteiger partial charge in [0.1, 0.15) is 5.75 Å². The molecule has 0 aromatic heterocycles. The monoisotopic (exact) mass is 168 g/mol. The highest BCUT2D eigenvalue weighted by atomic mass is 19.3. The van der Waals surface area contributed by atoms with Crippen molar-refractivity contribution in [3.05, 3.63) is 29.8 Å². The van der Waals surface area contributed by atoms with Crippen molar-refractivity contribution in [1.29, 1.82) is 5.26 Å². The third-order valence-electron chi connectivity index (χ3n) is 1.12. The van der Waals surface area contributed by atoms with Gasteiger partial charge in [0.15, 0.2) is 0 Å². The lowest BCUT2D eigenvalue weighted by molar-refractivity contribution is -0.0500. The minimum absolute atomic E-state index is 0.121. The Bertz CT molecular complexity index is 306. The van der Waals surface area contributed by atoms with E-state index in [2.05, 4.69) is 10.8 Å². The van der Waals surface area contributed by atoms with E-state index in [1.807, 2.05) is 0 Å². The standard InChI is InChI=1S/C8H4F2NO/c9-8(10)12-7-3-1-2-6(4-7)5-11/h1-2,4,8H. The first-order valence-electron chi connectivity index (χ1n) is 3.09. The van der Waals surface area contributed by atoms with Crippen LogP contribution in [0.1, 0.15) is 5.56 Å². The predicted molar refractivity (Wildman–Crippen MR) is 36.6 cm³/mol. The number of hydrogen-bond donors (Lipinski definition) is 0. The average Bonchev–Trinajstić information content (AvgIpc) is 2.03. The van der Waals surface area contributed by atoms with Gasteiger partial charge in [-0.3, -0.25) is 0 Å². The highest BCUT2D eigenvalue weighted by Gasteiger charge is 2.03. The molecular weight excluding hydrogens is 164 g/mol. The number of nitrogens with zero attached hydrogens (tertiary/aromatic N) is 1. The van der Waals surface area contributed by atoms with Crippen LogP contribution in [0, 0.1) is 17.4 Å². The van der Waals surface area contributed by atoms with E-state index in [9.17, 15) is 8.78 Å². The molecule has 0 aliphatic rings. The number of rotatable bonds is 2. The second-order valence-corrected chi connectivity index (χ2v) is 1.93. The normalized spacial score (nSPS) is 9.50. The zero-order valence-electron chi connectivity index (χ0n) is 5.92. The van der Waals surface area contributed by atoms with E-state index < -0.39 is 6.61 Å². The molecule has 1 radical (unpaired) electrons. The van der Waals surface area contributed by atoms with Gasteiger partial charge in [0.2, 0.25) is 0 Å². The first kappa shape index (κ1) is 8.47. The van der Waals surface area contributed by atoms with Crippen LogP contribution in [0.25, 0.3) is 0 Å². The molecule has 0 N–H and O–H groups in total. The third kappa shape index (κ3) is 2.20. The Labute approximate surface area is 68.0 Å². The summed E-state index contributed by atoms with van der Waals surface area (Å²) in [6.45, 7) is -2.88. The van der Waals surface area contributed by atoms with E-state index in [0.29, 0.717) is 0 Å². The van der Waals surface area contributed by atoms with Crippen LogP contribution in [-0.2, 0) is 0 Å². The molecule has 1 rings (SSSR count). The van der Waals surface area contributed by atoms with Gasteiger partial charge in [0.25, 0.3) is 0 Å². The molecule has 0 aliphatic heterocycles. The Hall–Kier alpha value is -1.63. The third-order valence-corrected chi connectivity index (χ3v) is 1.12. The molecule has 0 saturated carbocycles. The van der Waals surface area contributed by atoms with Gasteiger partial charge in [-0.15, -0.1) is 0 Å². The summed E-state index contributed by atoms with van der Waals surface area (Å²) in [4.78, 5) is 0. The topological polar surface area (TPSA) is 33.0 Å². The van der Waals surface area contributed by atoms with Crippen molar-refractivity contribution < 1.29 is 13.5 Å². The largest absolute Gasteiger partial charge is 0.434 e. The zero-order chi connectivity index (χ0) is 8.97. The molecule has 12 heavy (non-hydrogen) atoms. The van der Waals surface area contributed by atoms with E-state index in [4.69, 9.17) is 5.26 Å². The molecule has 0 bridgehead atoms. The minimum atomic E-state index is -2.88. The Balaban J connectivity index is 2.81. The van der Waals surface area contributed by atoms with E-state index in [-0.39, 0.29) is 11.3 Å². The molecule has 2 nitrogen and oxygen atoms in total. The maximum Gasteiger partial charge on any atom is 0.387 e. The maximum absolute atomic E-state index is 11.6. The van der Waals surface area contributed by atoms with Crippen molar-refractivity contribution in [2.45, 2.75) is 6.61 Å². The van der Waals surface area contributed by atoms with Gasteiger partial charge in [0.05, 0.1) is 11.6 Å². The van der Waals surface area contributed by atoms with E-state index in [1.54, 1.807) is 6.07 Å². The lowest BCUT2D eigenvalue weighted by Gasteiger charge is -2.02. The van der Waals surface area contributed by atoms with Gasteiger partial charge in [-0.25, -0.2) is 0 Å². The van der Waals surface area contributed by atoms with Crippen LogP contribution in [0.2, 0.25) is 0 Å². The molecule has 61 valence electrons. The van der Waals surface area contributed by atoms with Crippen LogP contribution < -0.4 is 4.74 Å². The summed E-state index contributed by atoms with van der Waals surface area (Å²) in [7, 11) is 0. The quantitative estimate of drug-likeness (QED) is 0.676. The number of benzene rings is 1. The van der Waals surface area contributed by atoms with Gasteiger partial charge in [-0.05, 0) is 18.2 Å². The molecule has 0 aliphatic carbocycles. The highest BCUT2D eigenvalue weighted by Crippen LogP contribution is 2.14. The average molecular weight is 168 g/mol.